The van der Waals surface area contributed by atoms with Crippen molar-refractivity contribution >= 4 is 0 Å². The van der Waals surface area contributed by atoms with Crippen LogP contribution in [0.2, 0.25) is 0 Å². The molecule has 102 valence electrons. The van der Waals surface area contributed by atoms with Crippen molar-refractivity contribution in [3.05, 3.63) is 47.5 Å². The van der Waals surface area contributed by atoms with Crippen molar-refractivity contribution in [3.8, 4) is 0 Å². The first kappa shape index (κ1) is 13.7. The van der Waals surface area contributed by atoms with E-state index in [0.717, 1.165) is 30.8 Å². The van der Waals surface area contributed by atoms with Crippen LogP contribution in [0.15, 0.2) is 30.5 Å². The van der Waals surface area contributed by atoms with Crippen LogP contribution in [0.5, 0.6) is 0 Å². The van der Waals surface area contributed by atoms with E-state index < -0.39 is 0 Å². The van der Waals surface area contributed by atoms with Gasteiger partial charge in [-0.2, -0.15) is 5.10 Å². The van der Waals surface area contributed by atoms with Crippen molar-refractivity contribution in [1.82, 2.24) is 20.1 Å². The minimum Gasteiger partial charge on any atom is -0.311 e. The van der Waals surface area contributed by atoms with E-state index in [0.29, 0.717) is 0 Å². The van der Waals surface area contributed by atoms with Gasteiger partial charge in [0.2, 0.25) is 0 Å². The van der Waals surface area contributed by atoms with Gasteiger partial charge in [0.15, 0.2) is 0 Å². The zero-order valence-electron chi connectivity index (χ0n) is 11.9. The maximum absolute atomic E-state index is 4.61. The summed E-state index contributed by atoms with van der Waals surface area (Å²) in [6.45, 7) is 5.17. The number of pyridine rings is 1. The molecule has 0 bridgehead atoms. The standard InChI is InChI=1S/C15H22N4/c1-4-12-11-15(19(5-2)18-12)14(16-3)10-13-8-6-7-9-17-13/h6-9,11,14,16H,4-5,10H2,1-3H3. The van der Waals surface area contributed by atoms with Crippen LogP contribution in [0.1, 0.15) is 37.0 Å². The van der Waals surface area contributed by atoms with E-state index in [-0.39, 0.29) is 6.04 Å². The van der Waals surface area contributed by atoms with E-state index in [1.165, 1.54) is 5.69 Å². The Labute approximate surface area is 114 Å². The molecule has 19 heavy (non-hydrogen) atoms. The molecule has 1 unspecified atom stereocenters. The number of hydrogen-bond donors (Lipinski definition) is 1. The first-order valence-corrected chi connectivity index (χ1v) is 6.92. The second-order valence-corrected chi connectivity index (χ2v) is 4.60. The average molecular weight is 258 g/mol. The Balaban J connectivity index is 2.24. The number of nitrogens with zero attached hydrogens (tertiary/aromatic N) is 3. The van der Waals surface area contributed by atoms with Crippen LogP contribution < -0.4 is 5.32 Å². The third-order valence-electron chi connectivity index (χ3n) is 3.37. The highest BCUT2D eigenvalue weighted by Gasteiger charge is 2.16. The maximum Gasteiger partial charge on any atom is 0.0625 e. The molecule has 0 aromatic carbocycles. The molecule has 1 N–H and O–H groups in total. The molecule has 0 fully saturated rings. The van der Waals surface area contributed by atoms with Gasteiger partial charge in [-0.1, -0.05) is 13.0 Å². The summed E-state index contributed by atoms with van der Waals surface area (Å²) in [4.78, 5) is 4.40. The number of nitrogens with one attached hydrogen (secondary N) is 1. The van der Waals surface area contributed by atoms with Crippen molar-refractivity contribution in [2.45, 2.75) is 39.3 Å². The predicted octanol–water partition coefficient (Wildman–Crippen LogP) is 2.36. The lowest BCUT2D eigenvalue weighted by Gasteiger charge is -2.17. The summed E-state index contributed by atoms with van der Waals surface area (Å²) >= 11 is 0. The molecule has 0 aliphatic carbocycles. The molecule has 2 heterocycles. The Morgan fingerprint density at radius 3 is 2.68 bits per heavy atom. The smallest absolute Gasteiger partial charge is 0.0625 e. The Bertz CT molecular complexity index is 504. The fourth-order valence-corrected chi connectivity index (χ4v) is 2.28. The third kappa shape index (κ3) is 3.20. The third-order valence-corrected chi connectivity index (χ3v) is 3.37. The normalized spacial score (nSPS) is 12.6. The second kappa shape index (κ2) is 6.48. The van der Waals surface area contributed by atoms with Crippen LogP contribution in [0.25, 0.3) is 0 Å². The molecule has 2 rings (SSSR count). The van der Waals surface area contributed by atoms with Gasteiger partial charge in [-0.3, -0.25) is 9.67 Å². The van der Waals surface area contributed by atoms with E-state index >= 15 is 0 Å². The van der Waals surface area contributed by atoms with E-state index in [1.807, 2.05) is 25.4 Å². The molecule has 0 saturated carbocycles. The summed E-state index contributed by atoms with van der Waals surface area (Å²) in [5, 5.41) is 7.99. The molecule has 0 spiro atoms. The van der Waals surface area contributed by atoms with Gasteiger partial charge in [0.25, 0.3) is 0 Å². The average Bonchev–Trinajstić information content (AvgIpc) is 2.89. The quantitative estimate of drug-likeness (QED) is 0.865. The number of aromatic nitrogens is 3. The number of aryl methyl sites for hydroxylation is 2. The van der Waals surface area contributed by atoms with Crippen molar-refractivity contribution in [2.75, 3.05) is 7.05 Å². The van der Waals surface area contributed by atoms with Crippen molar-refractivity contribution < 1.29 is 0 Å². The van der Waals surface area contributed by atoms with Gasteiger partial charge in [-0.25, -0.2) is 0 Å². The van der Waals surface area contributed by atoms with Crippen LogP contribution in [-0.2, 0) is 19.4 Å². The molecule has 0 aliphatic rings. The van der Waals surface area contributed by atoms with Crippen LogP contribution in [-0.4, -0.2) is 21.8 Å². The minimum absolute atomic E-state index is 0.252. The van der Waals surface area contributed by atoms with Crippen LogP contribution in [0.4, 0.5) is 0 Å². The first-order valence-electron chi connectivity index (χ1n) is 6.92. The van der Waals surface area contributed by atoms with E-state index in [9.17, 15) is 0 Å². The minimum atomic E-state index is 0.252. The summed E-state index contributed by atoms with van der Waals surface area (Å²) < 4.78 is 2.09. The summed E-state index contributed by atoms with van der Waals surface area (Å²) in [7, 11) is 1.99. The topological polar surface area (TPSA) is 42.7 Å². The van der Waals surface area contributed by atoms with Crippen molar-refractivity contribution in [1.29, 1.82) is 0 Å². The van der Waals surface area contributed by atoms with Gasteiger partial charge < -0.3 is 5.32 Å². The van der Waals surface area contributed by atoms with Gasteiger partial charge in [-0.05, 0) is 38.6 Å². The zero-order chi connectivity index (χ0) is 13.7. The number of hydrogen-bond acceptors (Lipinski definition) is 3. The molecular formula is C15H22N4. The summed E-state index contributed by atoms with van der Waals surface area (Å²) in [5.74, 6) is 0. The second-order valence-electron chi connectivity index (χ2n) is 4.60. The predicted molar refractivity (Wildman–Crippen MR) is 77.0 cm³/mol. The Morgan fingerprint density at radius 1 is 1.26 bits per heavy atom. The molecule has 4 nitrogen and oxygen atoms in total. The van der Waals surface area contributed by atoms with Gasteiger partial charge >= 0.3 is 0 Å². The van der Waals surface area contributed by atoms with E-state index in [2.05, 4.69) is 46.1 Å². The summed E-state index contributed by atoms with van der Waals surface area (Å²) in [6, 6.07) is 8.50. The Kier molecular flexibility index (Phi) is 4.68. The monoisotopic (exact) mass is 258 g/mol. The molecule has 0 aliphatic heterocycles. The largest absolute Gasteiger partial charge is 0.311 e. The van der Waals surface area contributed by atoms with Gasteiger partial charge in [-0.15, -0.1) is 0 Å². The van der Waals surface area contributed by atoms with E-state index in [4.69, 9.17) is 0 Å². The fraction of sp³-hybridized carbons (Fsp3) is 0.467. The molecule has 1 atom stereocenters. The number of likely N-dealkylation sites (N-methyl/N-ethyl adjacent to an activating group) is 1. The van der Waals surface area contributed by atoms with E-state index in [1.54, 1.807) is 0 Å². The lowest BCUT2D eigenvalue weighted by molar-refractivity contribution is 0.508. The highest BCUT2D eigenvalue weighted by atomic mass is 15.3. The maximum atomic E-state index is 4.61. The molecular weight excluding hydrogens is 236 g/mol. The fourth-order valence-electron chi connectivity index (χ4n) is 2.28. The molecule has 0 saturated heterocycles. The first-order chi connectivity index (χ1) is 9.28. The lowest BCUT2D eigenvalue weighted by atomic mass is 10.1. The molecule has 4 heteroatoms. The Morgan fingerprint density at radius 2 is 2.11 bits per heavy atom. The van der Waals surface area contributed by atoms with Gasteiger partial charge in [0.1, 0.15) is 0 Å². The van der Waals surface area contributed by atoms with Crippen LogP contribution in [0.3, 0.4) is 0 Å². The summed E-state index contributed by atoms with van der Waals surface area (Å²) in [6.07, 6.45) is 3.70. The Hall–Kier alpha value is -1.68. The molecule has 2 aromatic rings. The lowest BCUT2D eigenvalue weighted by Crippen LogP contribution is -2.22. The van der Waals surface area contributed by atoms with Crippen molar-refractivity contribution in [3.63, 3.8) is 0 Å². The molecule has 0 radical (unpaired) electrons. The number of rotatable bonds is 6. The van der Waals surface area contributed by atoms with Crippen LogP contribution in [0, 0.1) is 0 Å². The highest BCUT2D eigenvalue weighted by Crippen LogP contribution is 2.19. The molecule has 0 amide bonds. The van der Waals surface area contributed by atoms with Gasteiger partial charge in [0, 0.05) is 24.9 Å². The van der Waals surface area contributed by atoms with Crippen molar-refractivity contribution in [2.24, 2.45) is 0 Å². The molecule has 2 aromatic heterocycles. The SMILES string of the molecule is CCc1cc(C(Cc2ccccn2)NC)n(CC)n1. The zero-order valence-corrected chi connectivity index (χ0v) is 11.9. The van der Waals surface area contributed by atoms with Crippen LogP contribution >= 0.6 is 0 Å². The highest BCUT2D eigenvalue weighted by molar-refractivity contribution is 5.17. The van der Waals surface area contributed by atoms with Gasteiger partial charge in [0.05, 0.1) is 17.4 Å². The summed E-state index contributed by atoms with van der Waals surface area (Å²) in [5.41, 5.74) is 3.49.